The van der Waals surface area contributed by atoms with Crippen molar-refractivity contribution in [1.82, 2.24) is 9.55 Å². The van der Waals surface area contributed by atoms with Gasteiger partial charge in [0, 0.05) is 17.0 Å². The van der Waals surface area contributed by atoms with Crippen molar-refractivity contribution < 1.29 is 0 Å². The van der Waals surface area contributed by atoms with Gasteiger partial charge in [0.05, 0.1) is 0 Å². The van der Waals surface area contributed by atoms with E-state index in [1.54, 1.807) is 0 Å². The Morgan fingerprint density at radius 3 is 2.14 bits per heavy atom. The van der Waals surface area contributed by atoms with Gasteiger partial charge >= 0.3 is 0 Å². The van der Waals surface area contributed by atoms with Crippen LogP contribution >= 0.6 is 0 Å². The maximum absolute atomic E-state index is 6.47. The highest BCUT2D eigenvalue weighted by molar-refractivity contribution is 5.72. The Balaban J connectivity index is 2.19. The van der Waals surface area contributed by atoms with Crippen molar-refractivity contribution in [1.29, 1.82) is 0 Å². The largest absolute Gasteiger partial charge is 0.383 e. The third-order valence-corrected chi connectivity index (χ3v) is 4.03. The van der Waals surface area contributed by atoms with Crippen LogP contribution in [0.2, 0.25) is 0 Å². The van der Waals surface area contributed by atoms with E-state index >= 15 is 0 Å². The van der Waals surface area contributed by atoms with Crippen molar-refractivity contribution in [2.75, 3.05) is 5.73 Å². The average Bonchev–Trinajstić information content (AvgIpc) is 3.10. The first-order valence-corrected chi connectivity index (χ1v) is 7.74. The van der Waals surface area contributed by atoms with Crippen molar-refractivity contribution >= 4 is 5.82 Å². The topological polar surface area (TPSA) is 43.8 Å². The van der Waals surface area contributed by atoms with Gasteiger partial charge in [0.1, 0.15) is 17.3 Å². The monoisotopic (exact) mass is 283 g/mol. The number of hydrogen-bond acceptors (Lipinski definition) is 2. The lowest BCUT2D eigenvalue weighted by molar-refractivity contribution is 0.504. The lowest BCUT2D eigenvalue weighted by atomic mass is 9.95. The van der Waals surface area contributed by atoms with Gasteiger partial charge in [0.15, 0.2) is 0 Å². The molecule has 112 valence electrons. The van der Waals surface area contributed by atoms with Gasteiger partial charge < -0.3 is 10.3 Å². The van der Waals surface area contributed by atoms with Gasteiger partial charge in [-0.25, -0.2) is 4.98 Å². The Bertz CT molecular complexity index is 665. The fraction of sp³-hybridized carbons (Fsp3) is 0.500. The summed E-state index contributed by atoms with van der Waals surface area (Å²) in [5.74, 6) is 1.93. The number of nitrogen functional groups attached to an aromatic ring is 1. The minimum absolute atomic E-state index is 0.00777. The van der Waals surface area contributed by atoms with Gasteiger partial charge in [0.2, 0.25) is 0 Å². The first kappa shape index (κ1) is 14.2. The Morgan fingerprint density at radius 1 is 1.10 bits per heavy atom. The molecule has 1 heterocycles. The van der Waals surface area contributed by atoms with E-state index in [4.69, 9.17) is 10.7 Å². The summed E-state index contributed by atoms with van der Waals surface area (Å²) in [5.41, 5.74) is 11.1. The lowest BCUT2D eigenvalue weighted by Gasteiger charge is -2.20. The summed E-state index contributed by atoms with van der Waals surface area (Å²) in [6.07, 6.45) is 2.44. The highest BCUT2D eigenvalue weighted by atomic mass is 15.2. The lowest BCUT2D eigenvalue weighted by Crippen LogP contribution is -2.19. The second kappa shape index (κ2) is 4.62. The van der Waals surface area contributed by atoms with Crippen molar-refractivity contribution in [2.24, 2.45) is 0 Å². The van der Waals surface area contributed by atoms with Gasteiger partial charge in [-0.15, -0.1) is 0 Å². The van der Waals surface area contributed by atoms with E-state index < -0.39 is 0 Å². The summed E-state index contributed by atoms with van der Waals surface area (Å²) < 4.78 is 2.27. The van der Waals surface area contributed by atoms with E-state index in [9.17, 15) is 0 Å². The molecular weight excluding hydrogens is 258 g/mol. The first-order valence-electron chi connectivity index (χ1n) is 7.74. The van der Waals surface area contributed by atoms with E-state index in [0.29, 0.717) is 6.04 Å². The summed E-state index contributed by atoms with van der Waals surface area (Å²) >= 11 is 0. The minimum atomic E-state index is 0.00777. The molecule has 1 aromatic heterocycles. The summed E-state index contributed by atoms with van der Waals surface area (Å²) in [5, 5.41) is 0. The standard InChI is InChI=1S/C18H25N3/c1-11-8-12(2)10-13(9-11)15-16(19)21(14-6-7-14)17(20-15)18(3,4)5/h8-10,14H,6-7,19H2,1-5H3. The molecule has 0 unspecified atom stereocenters. The SMILES string of the molecule is Cc1cc(C)cc(-c2nc(C(C)(C)C)n(C3CC3)c2N)c1. The molecule has 1 aromatic carbocycles. The highest BCUT2D eigenvalue weighted by Gasteiger charge is 2.34. The molecule has 3 nitrogen and oxygen atoms in total. The van der Waals surface area contributed by atoms with Crippen molar-refractivity contribution in [3.05, 3.63) is 35.2 Å². The van der Waals surface area contributed by atoms with Crippen molar-refractivity contribution in [3.8, 4) is 11.3 Å². The molecule has 1 saturated carbocycles. The average molecular weight is 283 g/mol. The number of nitrogens with zero attached hydrogens (tertiary/aromatic N) is 2. The Hall–Kier alpha value is -1.77. The molecule has 0 spiro atoms. The van der Waals surface area contributed by atoms with Crippen LogP contribution in [0.1, 0.15) is 56.6 Å². The zero-order valence-corrected chi connectivity index (χ0v) is 13.7. The van der Waals surface area contributed by atoms with Crippen LogP contribution in [0.25, 0.3) is 11.3 Å². The normalized spacial score (nSPS) is 15.5. The third kappa shape index (κ3) is 2.57. The first-order chi connectivity index (χ1) is 9.77. The molecule has 0 saturated heterocycles. The predicted molar refractivity (Wildman–Crippen MR) is 88.5 cm³/mol. The molecule has 1 aliphatic rings. The minimum Gasteiger partial charge on any atom is -0.383 e. The van der Waals surface area contributed by atoms with E-state index in [2.05, 4.69) is 57.4 Å². The molecular formula is C18H25N3. The molecule has 0 bridgehead atoms. The van der Waals surface area contributed by atoms with Crippen LogP contribution in [-0.4, -0.2) is 9.55 Å². The second-order valence-corrected chi connectivity index (χ2v) is 7.40. The number of rotatable bonds is 2. The van der Waals surface area contributed by atoms with Crippen LogP contribution in [0, 0.1) is 13.8 Å². The van der Waals surface area contributed by atoms with E-state index in [1.165, 1.54) is 24.0 Å². The fourth-order valence-corrected chi connectivity index (χ4v) is 3.00. The smallest absolute Gasteiger partial charge is 0.132 e. The van der Waals surface area contributed by atoms with Crippen LogP contribution in [0.3, 0.4) is 0 Å². The highest BCUT2D eigenvalue weighted by Crippen LogP contribution is 2.43. The predicted octanol–water partition coefficient (Wildman–Crippen LogP) is 4.38. The van der Waals surface area contributed by atoms with Gasteiger partial charge in [-0.05, 0) is 38.8 Å². The van der Waals surface area contributed by atoms with Gasteiger partial charge in [-0.2, -0.15) is 0 Å². The zero-order chi connectivity index (χ0) is 15.4. The van der Waals surface area contributed by atoms with E-state index in [-0.39, 0.29) is 5.41 Å². The van der Waals surface area contributed by atoms with Crippen LogP contribution in [-0.2, 0) is 5.41 Å². The summed E-state index contributed by atoms with van der Waals surface area (Å²) in [6.45, 7) is 10.9. The molecule has 0 radical (unpaired) electrons. The molecule has 1 aliphatic carbocycles. The molecule has 0 atom stereocenters. The molecule has 2 N–H and O–H groups in total. The Labute approximate surface area is 127 Å². The molecule has 21 heavy (non-hydrogen) atoms. The Kier molecular flexibility index (Phi) is 3.12. The van der Waals surface area contributed by atoms with Gasteiger partial charge in [-0.1, -0.05) is 38.0 Å². The van der Waals surface area contributed by atoms with E-state index in [0.717, 1.165) is 22.9 Å². The van der Waals surface area contributed by atoms with Crippen LogP contribution < -0.4 is 5.73 Å². The molecule has 0 aliphatic heterocycles. The van der Waals surface area contributed by atoms with Gasteiger partial charge in [-0.3, -0.25) is 0 Å². The maximum atomic E-state index is 6.47. The number of nitrogens with two attached hydrogens (primary N) is 1. The number of aromatic nitrogens is 2. The Morgan fingerprint density at radius 2 is 1.67 bits per heavy atom. The molecule has 1 fully saturated rings. The third-order valence-electron chi connectivity index (χ3n) is 4.03. The summed E-state index contributed by atoms with van der Waals surface area (Å²) in [4.78, 5) is 4.93. The van der Waals surface area contributed by atoms with E-state index in [1.807, 2.05) is 0 Å². The van der Waals surface area contributed by atoms with Crippen molar-refractivity contribution in [2.45, 2.75) is 58.9 Å². The van der Waals surface area contributed by atoms with Crippen LogP contribution in [0.15, 0.2) is 18.2 Å². The quantitative estimate of drug-likeness (QED) is 0.888. The molecule has 0 amide bonds. The maximum Gasteiger partial charge on any atom is 0.132 e. The molecule has 3 heteroatoms. The van der Waals surface area contributed by atoms with Crippen LogP contribution in [0.4, 0.5) is 5.82 Å². The number of aryl methyl sites for hydroxylation is 2. The summed E-state index contributed by atoms with van der Waals surface area (Å²) in [7, 11) is 0. The number of anilines is 1. The van der Waals surface area contributed by atoms with Crippen molar-refractivity contribution in [3.63, 3.8) is 0 Å². The summed E-state index contributed by atoms with van der Waals surface area (Å²) in [6, 6.07) is 7.08. The number of benzene rings is 1. The van der Waals surface area contributed by atoms with Gasteiger partial charge in [0.25, 0.3) is 0 Å². The number of imidazole rings is 1. The molecule has 3 rings (SSSR count). The molecule has 2 aromatic rings. The second-order valence-electron chi connectivity index (χ2n) is 7.40. The zero-order valence-electron chi connectivity index (χ0n) is 13.7. The number of hydrogen-bond donors (Lipinski definition) is 1. The fourth-order valence-electron chi connectivity index (χ4n) is 3.00. The van der Waals surface area contributed by atoms with Crippen LogP contribution in [0.5, 0.6) is 0 Å².